The maximum absolute atomic E-state index is 12.8. The third kappa shape index (κ3) is 5.47. The highest BCUT2D eigenvalue weighted by Crippen LogP contribution is 2.29. The number of alkyl halides is 3. The Kier molecular flexibility index (Phi) is 6.20. The smallest absolute Gasteiger partial charge is 0.416 e. The fourth-order valence-corrected chi connectivity index (χ4v) is 2.65. The number of halogens is 3. The Morgan fingerprint density at radius 2 is 1.73 bits per heavy atom. The van der Waals surface area contributed by atoms with Crippen molar-refractivity contribution in [1.82, 2.24) is 9.97 Å². The highest BCUT2D eigenvalue weighted by molar-refractivity contribution is 6.04. The van der Waals surface area contributed by atoms with Crippen molar-refractivity contribution in [1.29, 1.82) is 0 Å². The molecule has 2 aromatic carbocycles. The van der Waals surface area contributed by atoms with Gasteiger partial charge in [0.1, 0.15) is 11.6 Å². The molecule has 0 aliphatic carbocycles. The van der Waals surface area contributed by atoms with Crippen LogP contribution in [0.3, 0.4) is 0 Å². The summed E-state index contributed by atoms with van der Waals surface area (Å²) in [5, 5.41) is 5.69. The van der Waals surface area contributed by atoms with Gasteiger partial charge in [0.05, 0.1) is 12.2 Å². The lowest BCUT2D eigenvalue weighted by atomic mass is 10.1. The predicted molar refractivity (Wildman–Crippen MR) is 107 cm³/mol. The molecule has 0 bridgehead atoms. The van der Waals surface area contributed by atoms with E-state index in [-0.39, 0.29) is 5.56 Å². The van der Waals surface area contributed by atoms with E-state index in [1.807, 2.05) is 6.92 Å². The minimum Gasteiger partial charge on any atom is -0.478 e. The second-order valence-corrected chi connectivity index (χ2v) is 6.31. The summed E-state index contributed by atoms with van der Waals surface area (Å²) in [6.07, 6.45) is -4.51. The Bertz CT molecular complexity index is 1040. The molecule has 1 amide bonds. The van der Waals surface area contributed by atoms with Gasteiger partial charge in [-0.1, -0.05) is 6.07 Å². The standard InChI is InChI=1S/C21H19F3N4O2/c1-3-30-19-12-18(25-13(2)26-19)27-16-7-9-17(10-8-16)28-20(29)14-5-4-6-15(11-14)21(22,23)24/h4-12H,3H2,1-2H3,(H,28,29)(H,25,26,27). The first-order valence-electron chi connectivity index (χ1n) is 9.09. The zero-order valence-corrected chi connectivity index (χ0v) is 16.2. The number of aromatic nitrogens is 2. The van der Waals surface area contributed by atoms with Crippen LogP contribution in [0.5, 0.6) is 5.88 Å². The molecule has 0 spiro atoms. The summed E-state index contributed by atoms with van der Waals surface area (Å²) in [7, 11) is 0. The van der Waals surface area contributed by atoms with Gasteiger partial charge in [0.25, 0.3) is 5.91 Å². The van der Waals surface area contributed by atoms with E-state index in [4.69, 9.17) is 4.74 Å². The maximum Gasteiger partial charge on any atom is 0.416 e. The summed E-state index contributed by atoms with van der Waals surface area (Å²) in [5.41, 5.74) is 0.192. The molecule has 0 atom stereocenters. The fourth-order valence-electron chi connectivity index (χ4n) is 2.65. The van der Waals surface area contributed by atoms with Crippen LogP contribution in [0, 0.1) is 6.92 Å². The van der Waals surface area contributed by atoms with Gasteiger partial charge in [-0.05, 0) is 56.3 Å². The molecule has 0 saturated heterocycles. The third-order valence-corrected chi connectivity index (χ3v) is 3.97. The van der Waals surface area contributed by atoms with Gasteiger partial charge in [-0.3, -0.25) is 4.79 Å². The average Bonchev–Trinajstić information content (AvgIpc) is 2.69. The molecule has 1 aromatic heterocycles. The van der Waals surface area contributed by atoms with Crippen LogP contribution in [-0.2, 0) is 6.18 Å². The molecule has 0 aliphatic rings. The quantitative estimate of drug-likeness (QED) is 0.578. The summed E-state index contributed by atoms with van der Waals surface area (Å²) in [5.74, 6) is 0.923. The number of carbonyl (C=O) groups excluding carboxylic acids is 1. The Labute approximate surface area is 171 Å². The van der Waals surface area contributed by atoms with Crippen molar-refractivity contribution < 1.29 is 22.7 Å². The van der Waals surface area contributed by atoms with Gasteiger partial charge in [-0.25, -0.2) is 4.98 Å². The highest BCUT2D eigenvalue weighted by Gasteiger charge is 2.30. The van der Waals surface area contributed by atoms with Crippen molar-refractivity contribution in [2.75, 3.05) is 17.2 Å². The number of hydrogen-bond donors (Lipinski definition) is 2. The number of carbonyl (C=O) groups is 1. The van der Waals surface area contributed by atoms with Crippen molar-refractivity contribution in [2.45, 2.75) is 20.0 Å². The lowest BCUT2D eigenvalue weighted by Gasteiger charge is -2.11. The zero-order chi connectivity index (χ0) is 21.7. The van der Waals surface area contributed by atoms with Gasteiger partial charge in [0.15, 0.2) is 0 Å². The number of amides is 1. The molecule has 0 saturated carbocycles. The largest absolute Gasteiger partial charge is 0.478 e. The molecule has 0 fully saturated rings. The Hall–Kier alpha value is -3.62. The Balaban J connectivity index is 1.68. The fraction of sp³-hybridized carbons (Fsp3) is 0.190. The minimum absolute atomic E-state index is 0.0769. The highest BCUT2D eigenvalue weighted by atomic mass is 19.4. The number of hydrogen-bond acceptors (Lipinski definition) is 5. The summed E-state index contributed by atoms with van der Waals surface area (Å²) in [4.78, 5) is 20.7. The van der Waals surface area contributed by atoms with Crippen LogP contribution < -0.4 is 15.4 Å². The second kappa shape index (κ2) is 8.81. The monoisotopic (exact) mass is 416 g/mol. The van der Waals surface area contributed by atoms with Gasteiger partial charge >= 0.3 is 6.18 Å². The molecule has 1 heterocycles. The molecule has 156 valence electrons. The number of ether oxygens (including phenoxy) is 1. The van der Waals surface area contributed by atoms with Crippen molar-refractivity contribution in [2.24, 2.45) is 0 Å². The second-order valence-electron chi connectivity index (χ2n) is 6.31. The summed E-state index contributed by atoms with van der Waals surface area (Å²) in [6.45, 7) is 4.09. The van der Waals surface area contributed by atoms with Gasteiger partial charge in [0, 0.05) is 23.0 Å². The predicted octanol–water partition coefficient (Wildman–Crippen LogP) is 5.20. The van der Waals surface area contributed by atoms with Gasteiger partial charge < -0.3 is 15.4 Å². The first-order chi connectivity index (χ1) is 14.2. The van der Waals surface area contributed by atoms with E-state index in [9.17, 15) is 18.0 Å². The van der Waals surface area contributed by atoms with Crippen LogP contribution in [0.2, 0.25) is 0 Å². The molecular formula is C21H19F3N4O2. The number of rotatable bonds is 6. The maximum atomic E-state index is 12.8. The molecule has 2 N–H and O–H groups in total. The molecule has 3 aromatic rings. The van der Waals surface area contributed by atoms with Crippen LogP contribution in [0.1, 0.15) is 28.7 Å². The van der Waals surface area contributed by atoms with Crippen molar-refractivity contribution in [3.63, 3.8) is 0 Å². The van der Waals surface area contributed by atoms with Gasteiger partial charge in [-0.15, -0.1) is 0 Å². The average molecular weight is 416 g/mol. The number of nitrogens with one attached hydrogen (secondary N) is 2. The van der Waals surface area contributed by atoms with Crippen LogP contribution in [0.4, 0.5) is 30.4 Å². The normalized spacial score (nSPS) is 11.1. The SMILES string of the molecule is CCOc1cc(Nc2ccc(NC(=O)c3cccc(C(F)(F)F)c3)cc2)nc(C)n1. The van der Waals surface area contributed by atoms with Crippen LogP contribution >= 0.6 is 0 Å². The van der Waals surface area contributed by atoms with Gasteiger partial charge in [0.2, 0.25) is 5.88 Å². The van der Waals surface area contributed by atoms with Crippen LogP contribution in [0.15, 0.2) is 54.6 Å². The van der Waals surface area contributed by atoms with E-state index in [0.717, 1.165) is 12.1 Å². The summed E-state index contributed by atoms with van der Waals surface area (Å²) >= 11 is 0. The molecule has 9 heteroatoms. The lowest BCUT2D eigenvalue weighted by Crippen LogP contribution is -2.13. The van der Waals surface area contributed by atoms with E-state index in [1.165, 1.54) is 12.1 Å². The van der Waals surface area contributed by atoms with Gasteiger partial charge in [-0.2, -0.15) is 18.2 Å². The van der Waals surface area contributed by atoms with E-state index in [0.29, 0.717) is 35.5 Å². The van der Waals surface area contributed by atoms with Crippen LogP contribution in [0.25, 0.3) is 0 Å². The molecule has 0 unspecified atom stereocenters. The number of aryl methyl sites for hydroxylation is 1. The molecule has 30 heavy (non-hydrogen) atoms. The van der Waals surface area contributed by atoms with E-state index >= 15 is 0 Å². The topological polar surface area (TPSA) is 76.1 Å². The van der Waals surface area contributed by atoms with E-state index in [1.54, 1.807) is 37.3 Å². The van der Waals surface area contributed by atoms with Crippen molar-refractivity contribution in [3.8, 4) is 5.88 Å². The summed E-state index contributed by atoms with van der Waals surface area (Å²) in [6, 6.07) is 12.6. The Morgan fingerprint density at radius 1 is 1.03 bits per heavy atom. The zero-order valence-electron chi connectivity index (χ0n) is 16.2. The van der Waals surface area contributed by atoms with Crippen molar-refractivity contribution in [3.05, 3.63) is 71.5 Å². The molecule has 0 aliphatic heterocycles. The van der Waals surface area contributed by atoms with E-state index in [2.05, 4.69) is 20.6 Å². The number of anilines is 3. The Morgan fingerprint density at radius 3 is 2.40 bits per heavy atom. The minimum atomic E-state index is -4.51. The molecule has 6 nitrogen and oxygen atoms in total. The number of nitrogens with zero attached hydrogens (tertiary/aromatic N) is 2. The molecule has 0 radical (unpaired) electrons. The first kappa shape index (κ1) is 21.1. The summed E-state index contributed by atoms with van der Waals surface area (Å²) < 4.78 is 43.8. The molecular weight excluding hydrogens is 397 g/mol. The van der Waals surface area contributed by atoms with Crippen LogP contribution in [-0.4, -0.2) is 22.5 Å². The first-order valence-corrected chi connectivity index (χ1v) is 9.09. The van der Waals surface area contributed by atoms with E-state index < -0.39 is 17.6 Å². The number of benzene rings is 2. The molecule has 3 rings (SSSR count). The lowest BCUT2D eigenvalue weighted by molar-refractivity contribution is -0.137. The van der Waals surface area contributed by atoms with Crippen molar-refractivity contribution >= 4 is 23.1 Å². The third-order valence-electron chi connectivity index (χ3n) is 3.97.